The van der Waals surface area contributed by atoms with Crippen LogP contribution in [0, 0.1) is 52.5 Å². The summed E-state index contributed by atoms with van der Waals surface area (Å²) in [6.07, 6.45) is 5.82. The van der Waals surface area contributed by atoms with Crippen molar-refractivity contribution < 1.29 is 48.0 Å². The molecule has 1 aromatic rings. The summed E-state index contributed by atoms with van der Waals surface area (Å²) >= 11 is 2.97. The van der Waals surface area contributed by atoms with Crippen LogP contribution in [0.4, 0.5) is 0 Å². The fraction of sp³-hybridized carbons (Fsp3) is 0.263. The van der Waals surface area contributed by atoms with Gasteiger partial charge >= 0.3 is 175 Å². The van der Waals surface area contributed by atoms with E-state index >= 15 is 0 Å². The number of rotatable bonds is 6. The van der Waals surface area contributed by atoms with E-state index in [1.54, 1.807) is 0 Å². The van der Waals surface area contributed by atoms with E-state index in [0.717, 1.165) is 10.1 Å². The van der Waals surface area contributed by atoms with Gasteiger partial charge in [-0.1, -0.05) is 0 Å². The standard InChI is InChI=1S/C14H18O2Si.5CO.Cr/c1-5-6-11-15-17(3,4)16-12-14-9-7-13(2)8-10-14;5*1-2;/h1,7-10H,6,11H2,2-4H3;;;;;;. The predicted molar refractivity (Wildman–Crippen MR) is 92.9 cm³/mol. The Kier molecular flexibility index (Phi) is 39.2. The molecule has 7 nitrogen and oxygen atoms in total. The molecule has 146 valence electrons. The summed E-state index contributed by atoms with van der Waals surface area (Å²) in [6, 6.07) is 8.19. The number of terminal acetylenes is 1. The molecule has 0 spiro atoms. The van der Waals surface area contributed by atoms with E-state index in [4.69, 9.17) is 38.5 Å². The van der Waals surface area contributed by atoms with Crippen LogP contribution in [0.25, 0.3) is 0 Å². The summed E-state index contributed by atoms with van der Waals surface area (Å²) < 4.78 is 49.9. The molecular formula is C19H18CrO7Si. The molecule has 0 aliphatic rings. The molecule has 0 unspecified atom stereocenters. The second-order valence-corrected chi connectivity index (χ2v) is 8.33. The van der Waals surface area contributed by atoms with E-state index in [1.165, 1.54) is 5.56 Å². The van der Waals surface area contributed by atoms with E-state index in [1.807, 2.05) is 25.2 Å². The Balaban J connectivity index is -0.000000153. The Bertz CT molecular complexity index is 615. The quantitative estimate of drug-likeness (QED) is 0.223. The summed E-state index contributed by atoms with van der Waals surface area (Å²) in [4.78, 5) is 0. The van der Waals surface area contributed by atoms with Crippen LogP contribution >= 0.6 is 0 Å². The molecule has 0 aliphatic heterocycles. The molecule has 28 heavy (non-hydrogen) atoms. The fourth-order valence-electron chi connectivity index (χ4n) is 1.36. The number of hydrogen-bond donors (Lipinski definition) is 0. The van der Waals surface area contributed by atoms with Crippen molar-refractivity contribution in [1.29, 1.82) is 0 Å². The van der Waals surface area contributed by atoms with Gasteiger partial charge in [-0.25, -0.2) is 0 Å². The van der Waals surface area contributed by atoms with Crippen LogP contribution in [0.3, 0.4) is 0 Å². The molecule has 0 bridgehead atoms. The molecule has 0 aromatic heterocycles. The third-order valence-electron chi connectivity index (χ3n) is 2.32. The molecule has 0 N–H and O–H groups in total. The molecule has 1 aromatic carbocycles. The summed E-state index contributed by atoms with van der Waals surface area (Å²) in [5.74, 6) is 2.56. The van der Waals surface area contributed by atoms with Gasteiger partial charge in [0.15, 0.2) is 0 Å². The zero-order valence-corrected chi connectivity index (χ0v) is 17.8. The van der Waals surface area contributed by atoms with Crippen LogP contribution < -0.4 is 0 Å². The van der Waals surface area contributed by atoms with Gasteiger partial charge in [0, 0.05) is 0 Å². The average Bonchev–Trinajstić information content (AvgIpc) is 2.75. The Labute approximate surface area is 175 Å². The van der Waals surface area contributed by atoms with Gasteiger partial charge in [-0.3, -0.25) is 0 Å². The van der Waals surface area contributed by atoms with Crippen molar-refractivity contribution in [2.75, 3.05) is 6.61 Å². The van der Waals surface area contributed by atoms with Gasteiger partial charge in [-0.15, -0.1) is 0 Å². The summed E-state index contributed by atoms with van der Waals surface area (Å²) in [5.41, 5.74) is 2.27. The summed E-state index contributed by atoms with van der Waals surface area (Å²) in [5, 5.41) is 0. The van der Waals surface area contributed by atoms with E-state index in [0.29, 0.717) is 13.0 Å². The van der Waals surface area contributed by atoms with E-state index in [9.17, 15) is 0 Å². The Morgan fingerprint density at radius 1 is 0.964 bits per heavy atom. The van der Waals surface area contributed by atoms with E-state index < -0.39 is 8.56 Å². The number of benzene rings is 1. The predicted octanol–water partition coefficient (Wildman–Crippen LogP) is 2.59. The first-order chi connectivity index (χ1) is 13.4. The average molecular weight is 438 g/mol. The number of aryl methyl sites for hydroxylation is 1. The SMILES string of the molecule is C#CCCO[Si](C)(C)O[C](=[Cr])c1ccc(C)cc1.[C-]#[O+].[C-]#[O+].[C-]#[O+].[C-]#[O+].[C-]#[O+]. The Morgan fingerprint density at radius 3 is 1.71 bits per heavy atom. The third-order valence-corrected chi connectivity index (χ3v) is 4.66. The van der Waals surface area contributed by atoms with Crippen molar-refractivity contribution in [3.63, 3.8) is 0 Å². The van der Waals surface area contributed by atoms with Gasteiger partial charge in [0.25, 0.3) is 0 Å². The molecule has 0 fully saturated rings. The number of hydrogen-bond acceptors (Lipinski definition) is 2. The van der Waals surface area contributed by atoms with Crippen LogP contribution in [-0.4, -0.2) is 19.7 Å². The maximum atomic E-state index is 7.50. The van der Waals surface area contributed by atoms with E-state index in [2.05, 4.69) is 74.1 Å². The van der Waals surface area contributed by atoms with Gasteiger partial charge in [0.1, 0.15) is 0 Å². The Hall–Kier alpha value is -1.98. The normalized spacial score (nSPS) is 7.43. The fourth-order valence-corrected chi connectivity index (χ4v) is 3.73. The van der Waals surface area contributed by atoms with Crippen molar-refractivity contribution in [3.05, 3.63) is 68.6 Å². The van der Waals surface area contributed by atoms with Crippen LogP contribution in [0.1, 0.15) is 17.5 Å². The molecule has 9 heteroatoms. The minimum atomic E-state index is -2.16. The second-order valence-electron chi connectivity index (χ2n) is 4.46. The van der Waals surface area contributed by atoms with Gasteiger partial charge in [0.2, 0.25) is 0 Å². The zero-order valence-electron chi connectivity index (χ0n) is 15.6. The summed E-state index contributed by atoms with van der Waals surface area (Å²) in [6.45, 7) is 29.1. The summed E-state index contributed by atoms with van der Waals surface area (Å²) in [7, 11) is -2.16. The van der Waals surface area contributed by atoms with Crippen LogP contribution in [-0.2, 0) is 48.0 Å². The topological polar surface area (TPSA) is 118 Å². The van der Waals surface area contributed by atoms with Crippen molar-refractivity contribution in [2.24, 2.45) is 0 Å². The molecule has 0 saturated carbocycles. The van der Waals surface area contributed by atoms with Crippen molar-refractivity contribution in [2.45, 2.75) is 26.4 Å². The molecule has 0 radical (unpaired) electrons. The molecule has 0 amide bonds. The van der Waals surface area contributed by atoms with Gasteiger partial charge < -0.3 is 0 Å². The van der Waals surface area contributed by atoms with Crippen LogP contribution in [0.5, 0.6) is 0 Å². The van der Waals surface area contributed by atoms with Crippen molar-refractivity contribution in [1.82, 2.24) is 0 Å². The molecule has 0 atom stereocenters. The molecule has 1 rings (SSSR count). The Morgan fingerprint density at radius 2 is 1.36 bits per heavy atom. The van der Waals surface area contributed by atoms with Gasteiger partial charge in [-0.05, 0) is 0 Å². The van der Waals surface area contributed by atoms with Crippen molar-refractivity contribution in [3.8, 4) is 12.3 Å². The molecule has 0 saturated heterocycles. The van der Waals surface area contributed by atoms with Gasteiger partial charge in [0.05, 0.1) is 0 Å². The van der Waals surface area contributed by atoms with Crippen LogP contribution in [0.15, 0.2) is 24.3 Å². The first-order valence-electron chi connectivity index (χ1n) is 6.84. The molecule has 0 aliphatic carbocycles. The first kappa shape index (κ1) is 36.9. The molecular weight excluding hydrogens is 420 g/mol. The monoisotopic (exact) mass is 438 g/mol. The maximum absolute atomic E-state index is 7.50. The van der Waals surface area contributed by atoms with Crippen LogP contribution in [0.2, 0.25) is 13.1 Å². The van der Waals surface area contributed by atoms with E-state index in [-0.39, 0.29) is 0 Å². The third kappa shape index (κ3) is 24.0. The molecule has 0 heterocycles. The minimum absolute atomic E-state index is 0.552. The second kappa shape index (κ2) is 29.8. The first-order valence-corrected chi connectivity index (χ1v) is 10.3. The zero-order chi connectivity index (χ0) is 23.6. The van der Waals surface area contributed by atoms with Crippen molar-refractivity contribution >= 4 is 13.1 Å². The van der Waals surface area contributed by atoms with Gasteiger partial charge in [-0.2, -0.15) is 0 Å².